The molecule has 25 heavy (non-hydrogen) atoms. The van der Waals surface area contributed by atoms with E-state index in [1.807, 2.05) is 18.3 Å². The molecule has 1 N–H and O–H groups in total. The van der Waals surface area contributed by atoms with Gasteiger partial charge in [0.25, 0.3) is 0 Å². The van der Waals surface area contributed by atoms with Gasteiger partial charge in [-0.1, -0.05) is 30.3 Å². The molecule has 126 valence electrons. The Morgan fingerprint density at radius 1 is 1.04 bits per heavy atom. The number of aromatic nitrogens is 2. The summed E-state index contributed by atoms with van der Waals surface area (Å²) in [4.78, 5) is 11.5. The smallest absolute Gasteiger partial charge is 0.229 e. The van der Waals surface area contributed by atoms with Crippen LogP contribution in [0.1, 0.15) is 23.6 Å². The van der Waals surface area contributed by atoms with E-state index < -0.39 is 0 Å². The number of hydrogen-bond donors (Lipinski definition) is 1. The normalized spacial score (nSPS) is 16.0. The van der Waals surface area contributed by atoms with Crippen molar-refractivity contribution in [3.63, 3.8) is 0 Å². The van der Waals surface area contributed by atoms with E-state index in [9.17, 15) is 0 Å². The minimum absolute atomic E-state index is 0.390. The summed E-state index contributed by atoms with van der Waals surface area (Å²) >= 11 is 0. The van der Waals surface area contributed by atoms with Crippen molar-refractivity contribution in [2.45, 2.75) is 33.2 Å². The molecule has 3 aromatic rings. The highest BCUT2D eigenvalue weighted by molar-refractivity contribution is 5.70. The summed E-state index contributed by atoms with van der Waals surface area (Å²) in [6.07, 6.45) is 2.86. The predicted molar refractivity (Wildman–Crippen MR) is 103 cm³/mol. The molecular weight excluding hydrogens is 308 g/mol. The molecule has 4 heteroatoms. The average Bonchev–Trinajstić information content (AvgIpc) is 2.95. The van der Waals surface area contributed by atoms with E-state index in [1.54, 1.807) is 0 Å². The lowest BCUT2D eigenvalue weighted by atomic mass is 10.1. The second kappa shape index (κ2) is 6.20. The molecule has 0 bridgehead atoms. The summed E-state index contributed by atoms with van der Waals surface area (Å²) in [5.74, 6) is 1.56. The molecule has 0 amide bonds. The van der Waals surface area contributed by atoms with Gasteiger partial charge in [-0.3, -0.25) is 0 Å². The Balaban J connectivity index is 1.67. The first-order valence-corrected chi connectivity index (χ1v) is 8.67. The fourth-order valence-corrected chi connectivity index (χ4v) is 3.47. The van der Waals surface area contributed by atoms with E-state index in [4.69, 9.17) is 4.98 Å². The van der Waals surface area contributed by atoms with Crippen molar-refractivity contribution in [3.05, 3.63) is 71.4 Å². The van der Waals surface area contributed by atoms with E-state index in [1.165, 1.54) is 22.4 Å². The van der Waals surface area contributed by atoms with Crippen molar-refractivity contribution >= 4 is 23.1 Å². The summed E-state index contributed by atoms with van der Waals surface area (Å²) in [6.45, 7) is 6.46. The molecule has 4 rings (SSSR count). The third-order valence-corrected chi connectivity index (χ3v) is 4.95. The van der Waals surface area contributed by atoms with Crippen molar-refractivity contribution in [2.24, 2.45) is 0 Å². The van der Waals surface area contributed by atoms with Crippen LogP contribution in [-0.2, 0) is 6.42 Å². The predicted octanol–water partition coefficient (Wildman–Crippen LogP) is 4.92. The topological polar surface area (TPSA) is 41.1 Å². The molecule has 0 aliphatic carbocycles. The molecule has 0 saturated carbocycles. The summed E-state index contributed by atoms with van der Waals surface area (Å²) in [5.41, 5.74) is 6.13. The van der Waals surface area contributed by atoms with Gasteiger partial charge in [0.1, 0.15) is 5.82 Å². The lowest BCUT2D eigenvalue weighted by molar-refractivity contribution is 0.749. The number of hydrogen-bond acceptors (Lipinski definition) is 4. The molecule has 0 fully saturated rings. The molecule has 1 aromatic heterocycles. The number of anilines is 4. The highest BCUT2D eigenvalue weighted by Crippen LogP contribution is 2.37. The SMILES string of the molecule is Cc1cccc(Nc2nccc(N3c4ccccc4CC3C)n2)c1C. The number of aryl methyl sites for hydroxylation is 1. The highest BCUT2D eigenvalue weighted by atomic mass is 15.3. The van der Waals surface area contributed by atoms with Gasteiger partial charge >= 0.3 is 0 Å². The minimum atomic E-state index is 0.390. The van der Waals surface area contributed by atoms with Crippen molar-refractivity contribution < 1.29 is 0 Å². The van der Waals surface area contributed by atoms with Gasteiger partial charge in [0, 0.05) is 23.6 Å². The van der Waals surface area contributed by atoms with E-state index in [0.29, 0.717) is 12.0 Å². The van der Waals surface area contributed by atoms with Crippen LogP contribution in [0.3, 0.4) is 0 Å². The first-order valence-electron chi connectivity index (χ1n) is 8.67. The Bertz CT molecular complexity index is 919. The third-order valence-electron chi connectivity index (χ3n) is 4.95. The molecule has 0 radical (unpaired) electrons. The molecule has 1 aliphatic rings. The summed E-state index contributed by atoms with van der Waals surface area (Å²) in [6, 6.07) is 17.1. The second-order valence-corrected chi connectivity index (χ2v) is 6.66. The van der Waals surface area contributed by atoms with Gasteiger partial charge in [-0.05, 0) is 62.1 Å². The van der Waals surface area contributed by atoms with Crippen molar-refractivity contribution in [3.8, 4) is 0 Å². The van der Waals surface area contributed by atoms with Gasteiger partial charge < -0.3 is 10.2 Å². The van der Waals surface area contributed by atoms with Crippen LogP contribution >= 0.6 is 0 Å². The maximum absolute atomic E-state index is 4.77. The van der Waals surface area contributed by atoms with Crippen LogP contribution in [0, 0.1) is 13.8 Å². The fourth-order valence-electron chi connectivity index (χ4n) is 3.47. The first-order chi connectivity index (χ1) is 12.1. The number of fused-ring (bicyclic) bond motifs is 1. The van der Waals surface area contributed by atoms with Gasteiger partial charge in [-0.25, -0.2) is 4.98 Å². The monoisotopic (exact) mass is 330 g/mol. The first kappa shape index (κ1) is 15.6. The Morgan fingerprint density at radius 3 is 2.76 bits per heavy atom. The molecule has 1 atom stereocenters. The fraction of sp³-hybridized carbons (Fsp3) is 0.238. The van der Waals surface area contributed by atoms with Gasteiger partial charge in [-0.2, -0.15) is 4.98 Å². The summed E-state index contributed by atoms with van der Waals surface area (Å²) < 4.78 is 0. The minimum Gasteiger partial charge on any atom is -0.324 e. The lowest BCUT2D eigenvalue weighted by Gasteiger charge is -2.24. The number of rotatable bonds is 3. The number of para-hydroxylation sites is 1. The quantitative estimate of drug-likeness (QED) is 0.740. The molecular formula is C21H22N4. The van der Waals surface area contributed by atoms with Crippen LogP contribution in [0.2, 0.25) is 0 Å². The van der Waals surface area contributed by atoms with E-state index in [0.717, 1.165) is 17.9 Å². The van der Waals surface area contributed by atoms with Gasteiger partial charge in [0.2, 0.25) is 5.95 Å². The lowest BCUT2D eigenvalue weighted by Crippen LogP contribution is -2.25. The van der Waals surface area contributed by atoms with Gasteiger partial charge in [0.05, 0.1) is 0 Å². The largest absolute Gasteiger partial charge is 0.324 e. The van der Waals surface area contributed by atoms with Crippen molar-refractivity contribution in [1.82, 2.24) is 9.97 Å². The highest BCUT2D eigenvalue weighted by Gasteiger charge is 2.27. The zero-order chi connectivity index (χ0) is 17.4. The average molecular weight is 330 g/mol. The maximum atomic E-state index is 4.77. The third kappa shape index (κ3) is 2.84. The van der Waals surface area contributed by atoms with Crippen molar-refractivity contribution in [1.29, 1.82) is 0 Å². The molecule has 0 saturated heterocycles. The van der Waals surface area contributed by atoms with Crippen LogP contribution in [0.4, 0.5) is 23.1 Å². The number of benzene rings is 2. The molecule has 0 spiro atoms. The molecule has 1 unspecified atom stereocenters. The van der Waals surface area contributed by atoms with E-state index in [2.05, 4.69) is 72.4 Å². The van der Waals surface area contributed by atoms with Crippen molar-refractivity contribution in [2.75, 3.05) is 10.2 Å². The zero-order valence-corrected chi connectivity index (χ0v) is 14.8. The maximum Gasteiger partial charge on any atom is 0.229 e. The van der Waals surface area contributed by atoms with E-state index in [-0.39, 0.29) is 0 Å². The molecule has 1 aliphatic heterocycles. The Hall–Kier alpha value is -2.88. The van der Waals surface area contributed by atoms with Gasteiger partial charge in [-0.15, -0.1) is 0 Å². The van der Waals surface area contributed by atoms with Crippen LogP contribution in [0.25, 0.3) is 0 Å². The van der Waals surface area contributed by atoms with Gasteiger partial charge in [0.15, 0.2) is 0 Å². The van der Waals surface area contributed by atoms with Crippen LogP contribution in [0.15, 0.2) is 54.7 Å². The Morgan fingerprint density at radius 2 is 1.88 bits per heavy atom. The standard InChI is InChI=1S/C21H22N4/c1-14-7-6-9-18(16(14)3)23-21-22-12-11-20(24-21)25-15(2)13-17-8-4-5-10-19(17)25/h4-12,15H,13H2,1-3H3,(H,22,23,24). The van der Waals surface area contributed by atoms with E-state index >= 15 is 0 Å². The molecule has 2 aromatic carbocycles. The second-order valence-electron chi connectivity index (χ2n) is 6.66. The summed E-state index contributed by atoms with van der Waals surface area (Å²) in [5, 5.41) is 3.37. The van der Waals surface area contributed by atoms with Crippen LogP contribution in [0.5, 0.6) is 0 Å². The molecule has 4 nitrogen and oxygen atoms in total. The Labute approximate surface area is 148 Å². The van der Waals surface area contributed by atoms with Crippen LogP contribution < -0.4 is 10.2 Å². The zero-order valence-electron chi connectivity index (χ0n) is 14.8. The molecule has 2 heterocycles. The Kier molecular flexibility index (Phi) is 3.88. The number of nitrogens with one attached hydrogen (secondary N) is 1. The van der Waals surface area contributed by atoms with Crippen LogP contribution in [-0.4, -0.2) is 16.0 Å². The number of nitrogens with zero attached hydrogens (tertiary/aromatic N) is 3. The summed E-state index contributed by atoms with van der Waals surface area (Å²) in [7, 11) is 0.